The molecule has 0 radical (unpaired) electrons. The number of halogens is 4. The first-order chi connectivity index (χ1) is 11.7. The third kappa shape index (κ3) is 5.02. The van der Waals surface area contributed by atoms with E-state index in [9.17, 15) is 22.8 Å². The van der Waals surface area contributed by atoms with Gasteiger partial charge in [-0.05, 0) is 30.0 Å². The highest BCUT2D eigenvalue weighted by Crippen LogP contribution is 2.29. The lowest BCUT2D eigenvalue weighted by atomic mass is 10.1. The molecular formula is C16H12ClF3N2O2S. The molecule has 0 N–H and O–H groups in total. The van der Waals surface area contributed by atoms with Crippen molar-refractivity contribution in [1.29, 1.82) is 0 Å². The van der Waals surface area contributed by atoms with Crippen molar-refractivity contribution in [2.24, 2.45) is 0 Å². The zero-order valence-electron chi connectivity index (χ0n) is 12.9. The van der Waals surface area contributed by atoms with Gasteiger partial charge in [0.15, 0.2) is 11.6 Å². The van der Waals surface area contributed by atoms with Crippen molar-refractivity contribution in [2.45, 2.75) is 24.4 Å². The number of pyridine rings is 2. The van der Waals surface area contributed by atoms with Crippen LogP contribution in [0.25, 0.3) is 0 Å². The smallest absolute Gasteiger partial charge is 0.292 e. The summed E-state index contributed by atoms with van der Waals surface area (Å²) in [6.07, 6.45) is -4.35. The molecule has 0 aliphatic carbocycles. The lowest BCUT2D eigenvalue weighted by Gasteiger charge is -2.08. The molecule has 0 aliphatic rings. The van der Waals surface area contributed by atoms with Crippen molar-refractivity contribution in [3.8, 4) is 0 Å². The summed E-state index contributed by atoms with van der Waals surface area (Å²) in [6, 6.07) is 4.52. The number of carbonyl (C=O) groups is 2. The van der Waals surface area contributed by atoms with Gasteiger partial charge in [-0.15, -0.1) is 11.8 Å². The van der Waals surface area contributed by atoms with Gasteiger partial charge in [-0.2, -0.15) is 13.2 Å². The van der Waals surface area contributed by atoms with E-state index in [1.807, 2.05) is 6.92 Å². The zero-order chi connectivity index (χ0) is 18.6. The van der Waals surface area contributed by atoms with E-state index in [2.05, 4.69) is 9.97 Å². The van der Waals surface area contributed by atoms with Crippen molar-refractivity contribution in [1.82, 2.24) is 9.97 Å². The van der Waals surface area contributed by atoms with Gasteiger partial charge in [0.05, 0.1) is 12.0 Å². The zero-order valence-corrected chi connectivity index (χ0v) is 14.5. The molecule has 0 saturated carbocycles. The largest absolute Gasteiger partial charge is 0.416 e. The van der Waals surface area contributed by atoms with Gasteiger partial charge in [0.25, 0.3) is 0 Å². The van der Waals surface area contributed by atoms with Gasteiger partial charge in [0.2, 0.25) is 0 Å². The van der Waals surface area contributed by atoms with Gasteiger partial charge in [-0.25, -0.2) is 4.98 Å². The maximum Gasteiger partial charge on any atom is 0.416 e. The average Bonchev–Trinajstić information content (AvgIpc) is 2.56. The van der Waals surface area contributed by atoms with Crippen LogP contribution in [-0.2, 0) is 6.18 Å². The Kier molecular flexibility index (Phi) is 6.18. The quantitative estimate of drug-likeness (QED) is 0.310. The van der Waals surface area contributed by atoms with Crippen LogP contribution in [0.4, 0.5) is 13.2 Å². The molecule has 0 spiro atoms. The minimum absolute atomic E-state index is 0.0275. The number of aromatic nitrogens is 2. The lowest BCUT2D eigenvalue weighted by molar-refractivity contribution is -0.137. The van der Waals surface area contributed by atoms with Gasteiger partial charge < -0.3 is 0 Å². The first kappa shape index (κ1) is 19.4. The molecule has 0 aromatic carbocycles. The number of carbonyl (C=O) groups excluding carboxylic acids is 2. The Morgan fingerprint density at radius 1 is 1.20 bits per heavy atom. The molecule has 0 amide bonds. The number of thioether (sulfide) groups is 1. The van der Waals surface area contributed by atoms with Crippen molar-refractivity contribution >= 4 is 34.9 Å². The minimum Gasteiger partial charge on any atom is -0.292 e. The minimum atomic E-state index is -4.60. The summed E-state index contributed by atoms with van der Waals surface area (Å²) in [5.41, 5.74) is -1.39. The molecule has 2 rings (SSSR count). The second kappa shape index (κ2) is 7.97. The van der Waals surface area contributed by atoms with E-state index in [0.29, 0.717) is 16.7 Å². The SMILES string of the molecule is CCSc1ccc(Cl)nc1C(=O)CC(=O)c1cc(C(F)(F)F)ccn1. The Hall–Kier alpha value is -1.93. The Morgan fingerprint density at radius 2 is 1.92 bits per heavy atom. The second-order valence-electron chi connectivity index (χ2n) is 4.86. The normalized spacial score (nSPS) is 11.4. The fourth-order valence-electron chi connectivity index (χ4n) is 1.97. The van der Waals surface area contributed by atoms with Gasteiger partial charge >= 0.3 is 6.18 Å². The predicted octanol–water partition coefficient (Wildman–Crippen LogP) is 4.72. The van der Waals surface area contributed by atoms with E-state index in [1.54, 1.807) is 6.07 Å². The predicted molar refractivity (Wildman–Crippen MR) is 88.2 cm³/mol. The molecule has 0 saturated heterocycles. The van der Waals surface area contributed by atoms with E-state index >= 15 is 0 Å². The molecule has 2 aromatic heterocycles. The number of Topliss-reactive ketones (excluding diaryl/α,β-unsaturated/α-hetero) is 2. The van der Waals surface area contributed by atoms with Gasteiger partial charge in [0, 0.05) is 11.1 Å². The molecule has 0 atom stereocenters. The van der Waals surface area contributed by atoms with Crippen LogP contribution in [0, 0.1) is 0 Å². The monoisotopic (exact) mass is 388 g/mol. The summed E-state index contributed by atoms with van der Waals surface area (Å²) in [5.74, 6) is -0.764. The van der Waals surface area contributed by atoms with E-state index in [4.69, 9.17) is 11.6 Å². The van der Waals surface area contributed by atoms with Crippen molar-refractivity contribution in [2.75, 3.05) is 5.75 Å². The maximum absolute atomic E-state index is 12.7. The average molecular weight is 389 g/mol. The van der Waals surface area contributed by atoms with Crippen LogP contribution in [0.2, 0.25) is 5.15 Å². The third-order valence-corrected chi connectivity index (χ3v) is 4.22. The maximum atomic E-state index is 12.7. The summed E-state index contributed by atoms with van der Waals surface area (Å²) < 4.78 is 38.1. The van der Waals surface area contributed by atoms with E-state index < -0.39 is 35.4 Å². The number of hydrogen-bond acceptors (Lipinski definition) is 5. The van der Waals surface area contributed by atoms with Gasteiger partial charge in [-0.3, -0.25) is 14.6 Å². The summed E-state index contributed by atoms with van der Waals surface area (Å²) in [7, 11) is 0. The molecule has 9 heteroatoms. The summed E-state index contributed by atoms with van der Waals surface area (Å²) >= 11 is 7.14. The second-order valence-corrected chi connectivity index (χ2v) is 6.56. The summed E-state index contributed by atoms with van der Waals surface area (Å²) in [4.78, 5) is 32.6. The Labute approximate surface area is 150 Å². The summed E-state index contributed by atoms with van der Waals surface area (Å²) in [6.45, 7) is 1.88. The van der Waals surface area contributed by atoms with E-state index in [-0.39, 0.29) is 10.8 Å². The number of ketones is 2. The molecule has 0 bridgehead atoms. The Bertz CT molecular complexity index is 812. The van der Waals surface area contributed by atoms with Crippen LogP contribution in [0.5, 0.6) is 0 Å². The molecule has 132 valence electrons. The van der Waals surface area contributed by atoms with Crippen LogP contribution >= 0.6 is 23.4 Å². The van der Waals surface area contributed by atoms with Gasteiger partial charge in [-0.1, -0.05) is 18.5 Å². The molecule has 4 nitrogen and oxygen atoms in total. The third-order valence-electron chi connectivity index (χ3n) is 3.08. The van der Waals surface area contributed by atoms with Crippen molar-refractivity contribution in [3.05, 3.63) is 52.6 Å². The van der Waals surface area contributed by atoms with Crippen LogP contribution in [0.1, 0.15) is 39.9 Å². The lowest BCUT2D eigenvalue weighted by Crippen LogP contribution is -2.14. The van der Waals surface area contributed by atoms with E-state index in [1.165, 1.54) is 17.8 Å². The van der Waals surface area contributed by atoms with E-state index in [0.717, 1.165) is 12.3 Å². The van der Waals surface area contributed by atoms with Gasteiger partial charge in [0.1, 0.15) is 16.5 Å². The standard InChI is InChI=1S/C16H12ClF3N2O2S/c1-2-25-13-3-4-14(17)22-15(13)12(24)8-11(23)10-7-9(5-6-21-10)16(18,19)20/h3-7H,2,8H2,1H3. The molecule has 25 heavy (non-hydrogen) atoms. The first-order valence-electron chi connectivity index (χ1n) is 7.11. The number of alkyl halides is 3. The van der Waals surface area contributed by atoms with Crippen LogP contribution in [0.15, 0.2) is 35.4 Å². The number of rotatable bonds is 6. The summed E-state index contributed by atoms with van der Waals surface area (Å²) in [5, 5.41) is 0.0912. The fraction of sp³-hybridized carbons (Fsp3) is 0.250. The topological polar surface area (TPSA) is 59.9 Å². The fourth-order valence-corrected chi connectivity index (χ4v) is 2.89. The molecule has 2 aromatic rings. The van der Waals surface area contributed by atoms with Crippen molar-refractivity contribution < 1.29 is 22.8 Å². The number of hydrogen-bond donors (Lipinski definition) is 0. The highest BCUT2D eigenvalue weighted by atomic mass is 35.5. The van der Waals surface area contributed by atoms with Crippen LogP contribution in [0.3, 0.4) is 0 Å². The van der Waals surface area contributed by atoms with Crippen LogP contribution < -0.4 is 0 Å². The molecule has 0 unspecified atom stereocenters. The molecule has 0 fully saturated rings. The molecule has 2 heterocycles. The van der Waals surface area contributed by atoms with Crippen molar-refractivity contribution in [3.63, 3.8) is 0 Å². The highest BCUT2D eigenvalue weighted by molar-refractivity contribution is 7.99. The Morgan fingerprint density at radius 3 is 2.56 bits per heavy atom. The number of nitrogens with zero attached hydrogens (tertiary/aromatic N) is 2. The highest BCUT2D eigenvalue weighted by Gasteiger charge is 2.31. The first-order valence-corrected chi connectivity index (χ1v) is 8.47. The van der Waals surface area contributed by atoms with Crippen LogP contribution in [-0.4, -0.2) is 27.3 Å². The molecular weight excluding hydrogens is 377 g/mol. The molecule has 0 aliphatic heterocycles. The Balaban J connectivity index is 2.24.